The van der Waals surface area contributed by atoms with E-state index in [4.69, 9.17) is 0 Å². The molecule has 156 valence electrons. The number of hydrogen-bond donors (Lipinski definition) is 2. The number of hydrogen-bond acceptors (Lipinski definition) is 2. The highest BCUT2D eigenvalue weighted by Gasteiger charge is 2.15. The van der Waals surface area contributed by atoms with Crippen LogP contribution in [0.5, 0.6) is 11.5 Å². The number of rotatable bonds is 16. The highest BCUT2D eigenvalue weighted by atomic mass is 79.9. The molecular weight excluding hydrogens is 400 g/mol. The van der Waals surface area contributed by atoms with Gasteiger partial charge in [-0.15, -0.1) is 0 Å². The van der Waals surface area contributed by atoms with Crippen molar-refractivity contribution in [3.05, 3.63) is 21.7 Å². The summed E-state index contributed by atoms with van der Waals surface area (Å²) in [4.78, 5) is 0. The maximum absolute atomic E-state index is 10.1. The number of halogens is 1. The van der Waals surface area contributed by atoms with Gasteiger partial charge < -0.3 is 10.2 Å². The maximum atomic E-state index is 10.1. The fourth-order valence-corrected chi connectivity index (χ4v) is 4.40. The van der Waals surface area contributed by atoms with Gasteiger partial charge in [0.1, 0.15) is 0 Å². The fourth-order valence-electron chi connectivity index (χ4n) is 3.74. The van der Waals surface area contributed by atoms with Gasteiger partial charge in [0.05, 0.1) is 4.47 Å². The van der Waals surface area contributed by atoms with E-state index in [1.807, 2.05) is 0 Å². The number of phenols is 2. The van der Waals surface area contributed by atoms with Crippen molar-refractivity contribution in [2.24, 2.45) is 0 Å². The third-order valence-electron chi connectivity index (χ3n) is 5.49. The number of unbranched alkanes of at least 4 members (excludes halogenated alkanes) is 12. The Morgan fingerprint density at radius 2 is 1.11 bits per heavy atom. The third-order valence-corrected chi connectivity index (χ3v) is 6.35. The van der Waals surface area contributed by atoms with Crippen LogP contribution in [0.3, 0.4) is 0 Å². The molecule has 0 spiro atoms. The van der Waals surface area contributed by atoms with E-state index < -0.39 is 0 Å². The molecule has 2 N–H and O–H groups in total. The Morgan fingerprint density at radius 1 is 0.667 bits per heavy atom. The van der Waals surface area contributed by atoms with Crippen LogP contribution in [0.25, 0.3) is 0 Å². The molecule has 0 saturated heterocycles. The zero-order valence-electron chi connectivity index (χ0n) is 17.7. The van der Waals surface area contributed by atoms with Crippen molar-refractivity contribution in [1.82, 2.24) is 0 Å². The van der Waals surface area contributed by atoms with Crippen molar-refractivity contribution in [3.63, 3.8) is 0 Å². The molecule has 0 aromatic heterocycles. The summed E-state index contributed by atoms with van der Waals surface area (Å²) in [5.74, 6) is -0.000558. The summed E-state index contributed by atoms with van der Waals surface area (Å²) in [6.45, 7) is 4.50. The first-order valence-electron chi connectivity index (χ1n) is 11.3. The summed E-state index contributed by atoms with van der Waals surface area (Å²) in [7, 11) is 0. The Kier molecular flexibility index (Phi) is 13.7. The summed E-state index contributed by atoms with van der Waals surface area (Å²) < 4.78 is 0.700. The van der Waals surface area contributed by atoms with Crippen molar-refractivity contribution in [2.45, 2.75) is 117 Å². The third kappa shape index (κ3) is 9.87. The van der Waals surface area contributed by atoms with Crippen LogP contribution in [-0.4, -0.2) is 10.2 Å². The summed E-state index contributed by atoms with van der Waals surface area (Å²) >= 11 is 3.53. The van der Waals surface area contributed by atoms with E-state index in [1.165, 1.54) is 88.2 Å². The van der Waals surface area contributed by atoms with E-state index in [0.717, 1.165) is 25.7 Å². The van der Waals surface area contributed by atoms with E-state index >= 15 is 0 Å². The normalized spacial score (nSPS) is 11.2. The second-order valence-corrected chi connectivity index (χ2v) is 8.73. The lowest BCUT2D eigenvalue weighted by Crippen LogP contribution is -1.98. The van der Waals surface area contributed by atoms with Gasteiger partial charge in [0.25, 0.3) is 0 Å². The largest absolute Gasteiger partial charge is 0.504 e. The van der Waals surface area contributed by atoms with Crippen LogP contribution in [-0.2, 0) is 12.8 Å². The molecule has 1 aromatic carbocycles. The molecule has 0 heterocycles. The van der Waals surface area contributed by atoms with Crippen LogP contribution in [0.1, 0.15) is 115 Å². The molecule has 0 amide bonds. The lowest BCUT2D eigenvalue weighted by Gasteiger charge is -2.15. The highest BCUT2D eigenvalue weighted by Crippen LogP contribution is 2.39. The van der Waals surface area contributed by atoms with E-state index in [0.29, 0.717) is 4.47 Å². The van der Waals surface area contributed by atoms with Gasteiger partial charge in [0, 0.05) is 0 Å². The lowest BCUT2D eigenvalue weighted by atomic mass is 9.95. The summed E-state index contributed by atoms with van der Waals surface area (Å²) in [5.41, 5.74) is 2.40. The Balaban J connectivity index is 2.48. The molecule has 2 nitrogen and oxygen atoms in total. The van der Waals surface area contributed by atoms with Crippen LogP contribution in [0.2, 0.25) is 0 Å². The molecule has 1 rings (SSSR count). The minimum absolute atomic E-state index is 0.00290. The van der Waals surface area contributed by atoms with E-state index in [2.05, 4.69) is 29.8 Å². The van der Waals surface area contributed by atoms with Gasteiger partial charge in [-0.2, -0.15) is 0 Å². The molecular formula is C24H41BrO2. The molecule has 0 fully saturated rings. The standard InChI is InChI=1S/C24H41BrO2/c1-3-5-7-9-11-13-15-17-20-19-22(26)24(27)23(25)21(20)18-16-14-12-10-8-6-4-2/h19,26-27H,3-18H2,1-2H3. The summed E-state index contributed by atoms with van der Waals surface area (Å²) in [6.07, 6.45) is 20.0. The van der Waals surface area contributed by atoms with Crippen molar-refractivity contribution < 1.29 is 10.2 Å². The summed E-state index contributed by atoms with van der Waals surface area (Å²) in [6, 6.07) is 1.79. The average Bonchev–Trinajstić information content (AvgIpc) is 2.66. The molecule has 0 atom stereocenters. The van der Waals surface area contributed by atoms with Crippen LogP contribution in [0.15, 0.2) is 10.5 Å². The van der Waals surface area contributed by atoms with Gasteiger partial charge in [-0.1, -0.05) is 90.9 Å². The van der Waals surface area contributed by atoms with Crippen LogP contribution >= 0.6 is 15.9 Å². The molecule has 0 bridgehead atoms. The predicted molar refractivity (Wildman–Crippen MR) is 121 cm³/mol. The second-order valence-electron chi connectivity index (χ2n) is 7.94. The van der Waals surface area contributed by atoms with Crippen molar-refractivity contribution in [3.8, 4) is 11.5 Å². The van der Waals surface area contributed by atoms with E-state index in [1.54, 1.807) is 6.07 Å². The van der Waals surface area contributed by atoms with Gasteiger partial charge in [0.2, 0.25) is 0 Å². The number of benzene rings is 1. The minimum atomic E-state index is -0.00346. The molecule has 0 aliphatic rings. The monoisotopic (exact) mass is 440 g/mol. The molecule has 3 heteroatoms. The molecule has 27 heavy (non-hydrogen) atoms. The first kappa shape index (κ1) is 24.3. The quantitative estimate of drug-likeness (QED) is 0.200. The predicted octanol–water partition coefficient (Wildman–Crippen LogP) is 8.45. The van der Waals surface area contributed by atoms with Crippen LogP contribution in [0.4, 0.5) is 0 Å². The Labute approximate surface area is 175 Å². The van der Waals surface area contributed by atoms with Crippen molar-refractivity contribution in [1.29, 1.82) is 0 Å². The first-order chi connectivity index (χ1) is 13.1. The minimum Gasteiger partial charge on any atom is -0.504 e. The number of aryl methyl sites for hydroxylation is 1. The van der Waals surface area contributed by atoms with Gasteiger partial charge >= 0.3 is 0 Å². The van der Waals surface area contributed by atoms with Gasteiger partial charge in [-0.25, -0.2) is 0 Å². The summed E-state index contributed by atoms with van der Waals surface area (Å²) in [5, 5.41) is 20.1. The Bertz CT molecular complexity index is 514. The maximum Gasteiger partial charge on any atom is 0.172 e. The van der Waals surface area contributed by atoms with Crippen LogP contribution in [0, 0.1) is 0 Å². The average molecular weight is 441 g/mol. The molecule has 0 aliphatic heterocycles. The van der Waals surface area contributed by atoms with Gasteiger partial charge in [-0.3, -0.25) is 0 Å². The van der Waals surface area contributed by atoms with Crippen LogP contribution < -0.4 is 0 Å². The Morgan fingerprint density at radius 3 is 1.63 bits per heavy atom. The number of phenolic OH excluding ortho intramolecular Hbond substituents is 2. The van der Waals surface area contributed by atoms with Crippen molar-refractivity contribution >= 4 is 15.9 Å². The molecule has 0 unspecified atom stereocenters. The molecule has 1 aromatic rings. The smallest absolute Gasteiger partial charge is 0.172 e. The second kappa shape index (κ2) is 15.2. The lowest BCUT2D eigenvalue weighted by molar-refractivity contribution is 0.399. The molecule has 0 saturated carbocycles. The molecule has 0 aliphatic carbocycles. The van der Waals surface area contributed by atoms with E-state index in [-0.39, 0.29) is 11.5 Å². The SMILES string of the molecule is CCCCCCCCCc1cc(O)c(O)c(Br)c1CCCCCCCCC. The highest BCUT2D eigenvalue weighted by molar-refractivity contribution is 9.10. The number of aromatic hydroxyl groups is 2. The zero-order chi connectivity index (χ0) is 19.9. The van der Waals surface area contributed by atoms with E-state index in [9.17, 15) is 10.2 Å². The first-order valence-corrected chi connectivity index (χ1v) is 12.1. The Hall–Kier alpha value is -0.700. The van der Waals surface area contributed by atoms with Crippen molar-refractivity contribution in [2.75, 3.05) is 0 Å². The zero-order valence-corrected chi connectivity index (χ0v) is 19.2. The topological polar surface area (TPSA) is 40.5 Å². The van der Waals surface area contributed by atoms with Gasteiger partial charge in [-0.05, 0) is 58.8 Å². The molecule has 0 radical (unpaired) electrons. The van der Waals surface area contributed by atoms with Gasteiger partial charge in [0.15, 0.2) is 11.5 Å². The fraction of sp³-hybridized carbons (Fsp3) is 0.750.